The second-order valence-electron chi connectivity index (χ2n) is 5.00. The number of hydrogen-bond donors (Lipinski definition) is 1. The summed E-state index contributed by atoms with van der Waals surface area (Å²) < 4.78 is 5.39. The molecule has 0 aromatic heterocycles. The molecule has 0 fully saturated rings. The molecule has 0 heterocycles. The summed E-state index contributed by atoms with van der Waals surface area (Å²) in [5.41, 5.74) is 1.20. The molecule has 2 nitrogen and oxygen atoms in total. The van der Waals surface area contributed by atoms with Crippen molar-refractivity contribution in [2.75, 3.05) is 13.7 Å². The van der Waals surface area contributed by atoms with Crippen molar-refractivity contribution in [1.29, 1.82) is 0 Å². The van der Waals surface area contributed by atoms with Crippen LogP contribution in [0.1, 0.15) is 32.8 Å². The lowest BCUT2D eigenvalue weighted by Crippen LogP contribution is -2.29. The molecule has 0 aliphatic heterocycles. The molecule has 102 valence electrons. The average Bonchev–Trinajstić information content (AvgIpc) is 2.34. The van der Waals surface area contributed by atoms with Gasteiger partial charge in [0, 0.05) is 11.1 Å². The minimum atomic E-state index is 0.528. The zero-order valence-electron chi connectivity index (χ0n) is 11.8. The van der Waals surface area contributed by atoms with Crippen molar-refractivity contribution in [3.8, 4) is 5.75 Å². The molecule has 0 saturated heterocycles. The Morgan fingerprint density at radius 2 is 2.06 bits per heavy atom. The topological polar surface area (TPSA) is 21.3 Å². The Bertz CT molecular complexity index is 366. The number of hydrogen-bond acceptors (Lipinski definition) is 2. The molecule has 1 aromatic rings. The highest BCUT2D eigenvalue weighted by atomic mass is 35.5. The maximum absolute atomic E-state index is 6.06. The van der Waals surface area contributed by atoms with E-state index in [-0.39, 0.29) is 0 Å². The SMILES string of the molecule is CCC(CNC(C)C)Cc1cc(Cl)ccc1OC. The van der Waals surface area contributed by atoms with Crippen LogP contribution >= 0.6 is 11.6 Å². The Morgan fingerprint density at radius 1 is 1.33 bits per heavy atom. The standard InChI is InChI=1S/C15H24ClNO/c1-5-12(10-17-11(2)3)8-13-9-14(16)6-7-15(13)18-4/h6-7,9,11-12,17H,5,8,10H2,1-4H3. The predicted octanol–water partition coefficient (Wildman–Crippen LogP) is 3.92. The maximum Gasteiger partial charge on any atom is 0.122 e. The Labute approximate surface area is 116 Å². The maximum atomic E-state index is 6.06. The summed E-state index contributed by atoms with van der Waals surface area (Å²) in [5.74, 6) is 1.54. The van der Waals surface area contributed by atoms with Crippen molar-refractivity contribution >= 4 is 11.6 Å². The first-order valence-corrected chi connectivity index (χ1v) is 7.00. The number of methoxy groups -OCH3 is 1. The Balaban J connectivity index is 2.71. The van der Waals surface area contributed by atoms with Crippen molar-refractivity contribution in [2.24, 2.45) is 5.92 Å². The highest BCUT2D eigenvalue weighted by molar-refractivity contribution is 6.30. The summed E-state index contributed by atoms with van der Waals surface area (Å²) in [7, 11) is 1.71. The fraction of sp³-hybridized carbons (Fsp3) is 0.600. The third-order valence-corrected chi connectivity index (χ3v) is 3.38. The van der Waals surface area contributed by atoms with Gasteiger partial charge in [0.25, 0.3) is 0 Å². The Morgan fingerprint density at radius 3 is 2.61 bits per heavy atom. The molecule has 3 heteroatoms. The van der Waals surface area contributed by atoms with Crippen LogP contribution in [-0.2, 0) is 6.42 Å². The van der Waals surface area contributed by atoms with Gasteiger partial charge in [-0.05, 0) is 42.6 Å². The molecule has 1 unspecified atom stereocenters. The van der Waals surface area contributed by atoms with Crippen molar-refractivity contribution in [3.63, 3.8) is 0 Å². The number of nitrogens with one attached hydrogen (secondary N) is 1. The normalized spacial score (nSPS) is 12.8. The quantitative estimate of drug-likeness (QED) is 0.810. The van der Waals surface area contributed by atoms with Gasteiger partial charge in [0.2, 0.25) is 0 Å². The van der Waals surface area contributed by atoms with Crippen LogP contribution in [0.2, 0.25) is 5.02 Å². The van der Waals surface area contributed by atoms with Gasteiger partial charge in [0.05, 0.1) is 7.11 Å². The second kappa shape index (κ2) is 7.65. The smallest absolute Gasteiger partial charge is 0.122 e. The minimum Gasteiger partial charge on any atom is -0.496 e. The van der Waals surface area contributed by atoms with E-state index in [9.17, 15) is 0 Å². The minimum absolute atomic E-state index is 0.528. The van der Waals surface area contributed by atoms with Crippen LogP contribution in [0.3, 0.4) is 0 Å². The lowest BCUT2D eigenvalue weighted by Gasteiger charge is -2.19. The fourth-order valence-corrected chi connectivity index (χ4v) is 2.18. The average molecular weight is 270 g/mol. The molecule has 0 aliphatic rings. The van der Waals surface area contributed by atoms with Crippen LogP contribution in [-0.4, -0.2) is 19.7 Å². The zero-order valence-corrected chi connectivity index (χ0v) is 12.6. The molecule has 0 spiro atoms. The molecular formula is C15H24ClNO. The summed E-state index contributed by atoms with van der Waals surface area (Å²) in [6.45, 7) is 7.60. The van der Waals surface area contributed by atoms with Crippen LogP contribution in [0.15, 0.2) is 18.2 Å². The van der Waals surface area contributed by atoms with Crippen molar-refractivity contribution in [2.45, 2.75) is 39.7 Å². The van der Waals surface area contributed by atoms with Gasteiger partial charge < -0.3 is 10.1 Å². The molecule has 0 radical (unpaired) electrons. The highest BCUT2D eigenvalue weighted by Crippen LogP contribution is 2.25. The van der Waals surface area contributed by atoms with Gasteiger partial charge in [-0.3, -0.25) is 0 Å². The predicted molar refractivity (Wildman–Crippen MR) is 78.6 cm³/mol. The molecule has 0 amide bonds. The first-order valence-electron chi connectivity index (χ1n) is 6.62. The lowest BCUT2D eigenvalue weighted by molar-refractivity contribution is 0.395. The van der Waals surface area contributed by atoms with E-state index in [1.54, 1.807) is 7.11 Å². The zero-order chi connectivity index (χ0) is 13.5. The van der Waals surface area contributed by atoms with Gasteiger partial charge in [0.1, 0.15) is 5.75 Å². The number of benzene rings is 1. The Kier molecular flexibility index (Phi) is 6.51. The molecule has 0 bridgehead atoms. The van der Waals surface area contributed by atoms with Gasteiger partial charge in [-0.2, -0.15) is 0 Å². The largest absolute Gasteiger partial charge is 0.496 e. The summed E-state index contributed by atoms with van der Waals surface area (Å²) in [5, 5.41) is 4.27. The lowest BCUT2D eigenvalue weighted by atomic mass is 9.96. The monoisotopic (exact) mass is 269 g/mol. The van der Waals surface area contributed by atoms with Crippen molar-refractivity contribution in [1.82, 2.24) is 5.32 Å². The summed E-state index contributed by atoms with van der Waals surface area (Å²) in [6.07, 6.45) is 2.15. The first-order chi connectivity index (χ1) is 8.56. The van der Waals surface area contributed by atoms with E-state index in [1.165, 1.54) is 5.56 Å². The fourth-order valence-electron chi connectivity index (χ4n) is 1.98. The van der Waals surface area contributed by atoms with E-state index in [2.05, 4.69) is 26.1 Å². The summed E-state index contributed by atoms with van der Waals surface area (Å²) >= 11 is 6.06. The molecule has 1 N–H and O–H groups in total. The van der Waals surface area contributed by atoms with E-state index >= 15 is 0 Å². The molecule has 0 aliphatic carbocycles. The molecule has 18 heavy (non-hydrogen) atoms. The van der Waals surface area contributed by atoms with E-state index in [4.69, 9.17) is 16.3 Å². The van der Waals surface area contributed by atoms with E-state index in [0.29, 0.717) is 12.0 Å². The van der Waals surface area contributed by atoms with Gasteiger partial charge >= 0.3 is 0 Å². The van der Waals surface area contributed by atoms with Crippen molar-refractivity contribution in [3.05, 3.63) is 28.8 Å². The first kappa shape index (κ1) is 15.3. The van der Waals surface area contributed by atoms with Crippen LogP contribution < -0.4 is 10.1 Å². The van der Waals surface area contributed by atoms with Crippen molar-refractivity contribution < 1.29 is 4.74 Å². The van der Waals surface area contributed by atoms with E-state index < -0.39 is 0 Å². The van der Waals surface area contributed by atoms with Crippen LogP contribution in [0.5, 0.6) is 5.75 Å². The van der Waals surface area contributed by atoms with Gasteiger partial charge in [-0.1, -0.05) is 38.8 Å². The van der Waals surface area contributed by atoms with Crippen LogP contribution in [0.25, 0.3) is 0 Å². The third-order valence-electron chi connectivity index (χ3n) is 3.14. The number of halogens is 1. The highest BCUT2D eigenvalue weighted by Gasteiger charge is 2.12. The Hall–Kier alpha value is -0.730. The van der Waals surface area contributed by atoms with E-state index in [0.717, 1.165) is 30.2 Å². The van der Waals surface area contributed by atoms with Crippen LogP contribution in [0, 0.1) is 5.92 Å². The van der Waals surface area contributed by atoms with E-state index in [1.807, 2.05) is 18.2 Å². The molecule has 1 rings (SSSR count). The summed E-state index contributed by atoms with van der Waals surface area (Å²) in [6, 6.07) is 6.36. The molecular weight excluding hydrogens is 246 g/mol. The molecule has 0 saturated carbocycles. The van der Waals surface area contributed by atoms with Crippen LogP contribution in [0.4, 0.5) is 0 Å². The number of rotatable bonds is 7. The molecule has 1 atom stereocenters. The summed E-state index contributed by atoms with van der Waals surface area (Å²) in [4.78, 5) is 0. The third kappa shape index (κ3) is 4.87. The number of ether oxygens (including phenoxy) is 1. The molecule has 1 aromatic carbocycles. The van der Waals surface area contributed by atoms with Gasteiger partial charge in [-0.15, -0.1) is 0 Å². The second-order valence-corrected chi connectivity index (χ2v) is 5.43. The van der Waals surface area contributed by atoms with Gasteiger partial charge in [0.15, 0.2) is 0 Å². The van der Waals surface area contributed by atoms with Gasteiger partial charge in [-0.25, -0.2) is 0 Å².